The highest BCUT2D eigenvalue weighted by Gasteiger charge is 2.19. The third-order valence-corrected chi connectivity index (χ3v) is 4.37. The molecule has 98 valence electrons. The topological polar surface area (TPSA) is 12.5 Å². The standard InChI is InChI=1S/C16H16BrNO/c1-19-14-6-7-15(17)13(10-14)11-18-9-8-12-4-2-3-5-16(12)18/h2-7,10H,8-9,11H2,1H3. The normalized spacial score (nSPS) is 13.5. The molecule has 0 saturated heterocycles. The van der Waals surface area contributed by atoms with Gasteiger partial charge in [0.1, 0.15) is 5.75 Å². The fraction of sp³-hybridized carbons (Fsp3) is 0.250. The first-order valence-corrected chi connectivity index (χ1v) is 7.22. The molecule has 1 aliphatic rings. The maximum absolute atomic E-state index is 5.30. The van der Waals surface area contributed by atoms with E-state index in [0.717, 1.165) is 29.7 Å². The Morgan fingerprint density at radius 3 is 2.89 bits per heavy atom. The van der Waals surface area contributed by atoms with Gasteiger partial charge in [-0.3, -0.25) is 0 Å². The molecule has 0 unspecified atom stereocenters. The minimum Gasteiger partial charge on any atom is -0.497 e. The second kappa shape index (κ2) is 5.25. The Morgan fingerprint density at radius 1 is 1.21 bits per heavy atom. The summed E-state index contributed by atoms with van der Waals surface area (Å²) < 4.78 is 6.44. The highest BCUT2D eigenvalue weighted by Crippen LogP contribution is 2.31. The Kier molecular flexibility index (Phi) is 3.47. The fourth-order valence-corrected chi connectivity index (χ4v) is 2.95. The van der Waals surface area contributed by atoms with E-state index in [1.165, 1.54) is 16.8 Å². The molecule has 1 heterocycles. The predicted octanol–water partition coefficient (Wildman–Crippen LogP) is 4.02. The van der Waals surface area contributed by atoms with Crippen LogP contribution in [0.3, 0.4) is 0 Å². The molecule has 2 nitrogen and oxygen atoms in total. The Hall–Kier alpha value is -1.48. The summed E-state index contributed by atoms with van der Waals surface area (Å²) in [5.41, 5.74) is 4.06. The lowest BCUT2D eigenvalue weighted by Gasteiger charge is -2.20. The molecule has 3 heteroatoms. The van der Waals surface area contributed by atoms with E-state index in [4.69, 9.17) is 4.74 Å². The van der Waals surface area contributed by atoms with Crippen LogP contribution in [-0.2, 0) is 13.0 Å². The van der Waals surface area contributed by atoms with Crippen molar-refractivity contribution in [1.29, 1.82) is 0 Å². The molecule has 0 N–H and O–H groups in total. The smallest absolute Gasteiger partial charge is 0.119 e. The molecular weight excluding hydrogens is 302 g/mol. The first-order chi connectivity index (χ1) is 9.28. The van der Waals surface area contributed by atoms with E-state index in [0.29, 0.717) is 0 Å². The number of para-hydroxylation sites is 1. The summed E-state index contributed by atoms with van der Waals surface area (Å²) in [7, 11) is 1.71. The van der Waals surface area contributed by atoms with Crippen molar-refractivity contribution in [2.75, 3.05) is 18.6 Å². The first-order valence-electron chi connectivity index (χ1n) is 6.43. The molecule has 0 amide bonds. The van der Waals surface area contributed by atoms with E-state index in [-0.39, 0.29) is 0 Å². The lowest BCUT2D eigenvalue weighted by molar-refractivity contribution is 0.414. The van der Waals surface area contributed by atoms with Gasteiger partial charge in [-0.05, 0) is 41.8 Å². The van der Waals surface area contributed by atoms with E-state index >= 15 is 0 Å². The van der Waals surface area contributed by atoms with Crippen molar-refractivity contribution in [3.8, 4) is 5.75 Å². The number of anilines is 1. The van der Waals surface area contributed by atoms with E-state index in [9.17, 15) is 0 Å². The van der Waals surface area contributed by atoms with Gasteiger partial charge in [0.25, 0.3) is 0 Å². The zero-order chi connectivity index (χ0) is 13.2. The number of hydrogen-bond donors (Lipinski definition) is 0. The number of hydrogen-bond acceptors (Lipinski definition) is 2. The summed E-state index contributed by atoms with van der Waals surface area (Å²) in [6.45, 7) is 2.00. The summed E-state index contributed by atoms with van der Waals surface area (Å²) >= 11 is 3.62. The number of nitrogens with zero attached hydrogens (tertiary/aromatic N) is 1. The molecule has 3 rings (SSSR count). The van der Waals surface area contributed by atoms with Gasteiger partial charge in [0.15, 0.2) is 0 Å². The minimum atomic E-state index is 0.908. The number of ether oxygens (including phenoxy) is 1. The molecular formula is C16H16BrNO. The van der Waals surface area contributed by atoms with Crippen LogP contribution in [0.15, 0.2) is 46.9 Å². The van der Waals surface area contributed by atoms with Crippen LogP contribution in [-0.4, -0.2) is 13.7 Å². The molecule has 0 fully saturated rings. The Morgan fingerprint density at radius 2 is 2.05 bits per heavy atom. The van der Waals surface area contributed by atoms with Gasteiger partial charge in [0.2, 0.25) is 0 Å². The average Bonchev–Trinajstić information content (AvgIpc) is 2.85. The highest BCUT2D eigenvalue weighted by molar-refractivity contribution is 9.10. The van der Waals surface area contributed by atoms with Crippen molar-refractivity contribution >= 4 is 21.6 Å². The number of fused-ring (bicyclic) bond motifs is 1. The molecule has 0 atom stereocenters. The van der Waals surface area contributed by atoms with Gasteiger partial charge in [0.05, 0.1) is 7.11 Å². The molecule has 0 radical (unpaired) electrons. The second-order valence-corrected chi connectivity index (χ2v) is 5.61. The Labute approximate surface area is 122 Å². The third kappa shape index (κ3) is 2.47. The lowest BCUT2D eigenvalue weighted by Crippen LogP contribution is -2.19. The van der Waals surface area contributed by atoms with Crippen LogP contribution in [0.5, 0.6) is 5.75 Å². The molecule has 1 aliphatic heterocycles. The second-order valence-electron chi connectivity index (χ2n) is 4.76. The SMILES string of the molecule is COc1ccc(Br)c(CN2CCc3ccccc32)c1. The van der Waals surface area contributed by atoms with Gasteiger partial charge < -0.3 is 9.64 Å². The minimum absolute atomic E-state index is 0.908. The molecule has 2 aromatic carbocycles. The number of benzene rings is 2. The average molecular weight is 318 g/mol. The van der Waals surface area contributed by atoms with Crippen molar-refractivity contribution in [2.24, 2.45) is 0 Å². The van der Waals surface area contributed by atoms with Crippen molar-refractivity contribution in [3.05, 3.63) is 58.1 Å². The van der Waals surface area contributed by atoms with Crippen LogP contribution in [0.2, 0.25) is 0 Å². The van der Waals surface area contributed by atoms with Crippen LogP contribution < -0.4 is 9.64 Å². The molecule has 0 aliphatic carbocycles. The van der Waals surface area contributed by atoms with Crippen LogP contribution in [0.4, 0.5) is 5.69 Å². The molecule has 0 spiro atoms. The maximum Gasteiger partial charge on any atom is 0.119 e. The van der Waals surface area contributed by atoms with Gasteiger partial charge in [0, 0.05) is 23.2 Å². The molecule has 0 bridgehead atoms. The van der Waals surface area contributed by atoms with E-state index in [1.807, 2.05) is 6.07 Å². The summed E-state index contributed by atoms with van der Waals surface area (Å²) in [6.07, 6.45) is 1.14. The lowest BCUT2D eigenvalue weighted by atomic mass is 10.1. The molecule has 19 heavy (non-hydrogen) atoms. The third-order valence-electron chi connectivity index (χ3n) is 3.60. The summed E-state index contributed by atoms with van der Waals surface area (Å²) in [6, 6.07) is 14.8. The highest BCUT2D eigenvalue weighted by atomic mass is 79.9. The summed E-state index contributed by atoms with van der Waals surface area (Å²) in [5.74, 6) is 0.908. The van der Waals surface area contributed by atoms with Crippen LogP contribution in [0.25, 0.3) is 0 Å². The summed E-state index contributed by atoms with van der Waals surface area (Å²) in [5, 5.41) is 0. The molecule has 0 saturated carbocycles. The molecule has 2 aromatic rings. The van der Waals surface area contributed by atoms with Crippen molar-refractivity contribution in [3.63, 3.8) is 0 Å². The van der Waals surface area contributed by atoms with Crippen LogP contribution in [0.1, 0.15) is 11.1 Å². The van der Waals surface area contributed by atoms with Gasteiger partial charge in [-0.1, -0.05) is 34.1 Å². The maximum atomic E-state index is 5.30. The van der Waals surface area contributed by atoms with Crippen molar-refractivity contribution in [1.82, 2.24) is 0 Å². The van der Waals surface area contributed by atoms with E-state index in [2.05, 4.69) is 57.2 Å². The Bertz CT molecular complexity index is 597. The molecule has 0 aromatic heterocycles. The largest absolute Gasteiger partial charge is 0.497 e. The number of rotatable bonds is 3. The van der Waals surface area contributed by atoms with E-state index < -0.39 is 0 Å². The van der Waals surface area contributed by atoms with E-state index in [1.54, 1.807) is 7.11 Å². The zero-order valence-electron chi connectivity index (χ0n) is 10.9. The van der Waals surface area contributed by atoms with Crippen molar-refractivity contribution in [2.45, 2.75) is 13.0 Å². The van der Waals surface area contributed by atoms with Crippen LogP contribution in [0, 0.1) is 0 Å². The van der Waals surface area contributed by atoms with Gasteiger partial charge in [-0.2, -0.15) is 0 Å². The first kappa shape index (κ1) is 12.5. The fourth-order valence-electron chi connectivity index (χ4n) is 2.58. The summed E-state index contributed by atoms with van der Waals surface area (Å²) in [4.78, 5) is 2.43. The zero-order valence-corrected chi connectivity index (χ0v) is 12.5. The van der Waals surface area contributed by atoms with Gasteiger partial charge in [-0.15, -0.1) is 0 Å². The quantitative estimate of drug-likeness (QED) is 0.847. The number of methoxy groups -OCH3 is 1. The Balaban J connectivity index is 1.87. The van der Waals surface area contributed by atoms with Crippen molar-refractivity contribution < 1.29 is 4.74 Å². The number of halogens is 1. The monoisotopic (exact) mass is 317 g/mol. The predicted molar refractivity (Wildman–Crippen MR) is 81.9 cm³/mol. The van der Waals surface area contributed by atoms with Crippen LogP contribution >= 0.6 is 15.9 Å². The van der Waals surface area contributed by atoms with Gasteiger partial charge >= 0.3 is 0 Å². The van der Waals surface area contributed by atoms with Gasteiger partial charge in [-0.25, -0.2) is 0 Å².